The Kier molecular flexibility index (Phi) is 4.89. The first-order chi connectivity index (χ1) is 9.60. The predicted octanol–water partition coefficient (Wildman–Crippen LogP) is 1.82. The topological polar surface area (TPSA) is 125 Å². The van der Waals surface area contributed by atoms with Crippen molar-refractivity contribution in [1.29, 1.82) is 0 Å². The van der Waals surface area contributed by atoms with Crippen LogP contribution in [0.1, 0.15) is 24.2 Å². The number of ether oxygens (including phenoxy) is 1. The number of benzene rings is 1. The molecule has 8 nitrogen and oxygen atoms in total. The highest BCUT2D eigenvalue weighted by Gasteiger charge is 2.32. The number of carbonyl (C=O) groups is 2. The fraction of sp³-hybridized carbons (Fsp3) is 0.333. The Morgan fingerprint density at radius 3 is 2.43 bits per heavy atom. The van der Waals surface area contributed by atoms with Gasteiger partial charge < -0.3 is 15.8 Å². The lowest BCUT2D eigenvalue weighted by molar-refractivity contribution is -0.384. The number of methoxy groups -OCH3 is 1. The quantitative estimate of drug-likeness (QED) is 0.469. The second kappa shape index (κ2) is 6.08. The molecule has 0 aliphatic heterocycles. The number of esters is 1. The van der Waals surface area contributed by atoms with Gasteiger partial charge in [-0.15, -0.1) is 0 Å². The summed E-state index contributed by atoms with van der Waals surface area (Å²) < 4.78 is 4.87. The van der Waals surface area contributed by atoms with E-state index in [2.05, 4.69) is 26.0 Å². The molecule has 0 aliphatic carbocycles. The fourth-order valence-corrected chi connectivity index (χ4v) is 2.17. The maximum Gasteiger partial charge on any atom is 0.330 e. The summed E-state index contributed by atoms with van der Waals surface area (Å²) in [6, 6.07) is 2.38. The molecule has 0 aromatic heterocycles. The van der Waals surface area contributed by atoms with Gasteiger partial charge in [-0.3, -0.25) is 14.9 Å². The Bertz CT molecular complexity index is 615. The van der Waals surface area contributed by atoms with Crippen LogP contribution >= 0.6 is 15.9 Å². The van der Waals surface area contributed by atoms with Crippen LogP contribution < -0.4 is 11.1 Å². The van der Waals surface area contributed by atoms with Gasteiger partial charge in [-0.05, 0) is 35.8 Å². The van der Waals surface area contributed by atoms with E-state index in [1.54, 1.807) is 0 Å². The number of nitrogens with zero attached hydrogens (tertiary/aromatic N) is 1. The molecule has 0 spiro atoms. The molecule has 0 saturated carbocycles. The van der Waals surface area contributed by atoms with E-state index in [0.29, 0.717) is 0 Å². The van der Waals surface area contributed by atoms with Crippen molar-refractivity contribution in [3.63, 3.8) is 0 Å². The molecular formula is C12H14BrN3O5. The fourth-order valence-electron chi connectivity index (χ4n) is 1.62. The summed E-state index contributed by atoms with van der Waals surface area (Å²) >= 11 is 3.13. The maximum absolute atomic E-state index is 11.7. The van der Waals surface area contributed by atoms with Gasteiger partial charge in [0, 0.05) is 16.1 Å². The third-order valence-corrected chi connectivity index (χ3v) is 3.31. The van der Waals surface area contributed by atoms with Gasteiger partial charge in [0.2, 0.25) is 5.91 Å². The number of amides is 1. The Balaban J connectivity index is 3.39. The number of nitro benzene ring substituents is 1. The monoisotopic (exact) mass is 359 g/mol. The minimum atomic E-state index is -1.20. The van der Waals surface area contributed by atoms with Gasteiger partial charge in [-0.2, -0.15) is 0 Å². The van der Waals surface area contributed by atoms with E-state index >= 15 is 0 Å². The summed E-state index contributed by atoms with van der Waals surface area (Å²) in [6.07, 6.45) is 0. The molecule has 0 aliphatic rings. The third kappa shape index (κ3) is 3.69. The molecule has 3 N–H and O–H groups in total. The third-order valence-electron chi connectivity index (χ3n) is 2.68. The van der Waals surface area contributed by atoms with Crippen LogP contribution in [-0.2, 0) is 9.53 Å². The van der Waals surface area contributed by atoms with Crippen molar-refractivity contribution in [2.45, 2.75) is 19.4 Å². The van der Waals surface area contributed by atoms with Crippen molar-refractivity contribution in [3.05, 3.63) is 32.3 Å². The van der Waals surface area contributed by atoms with Crippen LogP contribution in [0.3, 0.4) is 0 Å². The van der Waals surface area contributed by atoms with E-state index in [0.717, 1.165) is 6.07 Å². The summed E-state index contributed by atoms with van der Waals surface area (Å²) in [4.78, 5) is 33.3. The SMILES string of the molecule is COC(=O)C(C)(C)Nc1c(Br)cc(C(N)=O)cc1[N+](=O)[O-]. The average molecular weight is 360 g/mol. The predicted molar refractivity (Wildman–Crippen MR) is 79.0 cm³/mol. The lowest BCUT2D eigenvalue weighted by Gasteiger charge is -2.25. The first kappa shape index (κ1) is 16.9. The van der Waals surface area contributed by atoms with E-state index in [4.69, 9.17) is 5.73 Å². The Morgan fingerprint density at radius 2 is 2.00 bits per heavy atom. The molecule has 21 heavy (non-hydrogen) atoms. The minimum absolute atomic E-state index is 0.0185. The number of hydrogen-bond donors (Lipinski definition) is 2. The molecule has 0 saturated heterocycles. The van der Waals surface area contributed by atoms with Crippen LogP contribution in [0.4, 0.5) is 11.4 Å². The van der Waals surface area contributed by atoms with Crippen LogP contribution in [0.25, 0.3) is 0 Å². The summed E-state index contributed by atoms with van der Waals surface area (Å²) in [5, 5.41) is 13.9. The summed E-state index contributed by atoms with van der Waals surface area (Å²) in [5.74, 6) is -1.39. The Hall–Kier alpha value is -2.16. The molecule has 1 aromatic rings. The lowest BCUT2D eigenvalue weighted by atomic mass is 10.0. The van der Waals surface area contributed by atoms with Crippen molar-refractivity contribution >= 4 is 39.2 Å². The van der Waals surface area contributed by atoms with Crippen molar-refractivity contribution in [3.8, 4) is 0 Å². The van der Waals surface area contributed by atoms with Crippen LogP contribution in [0, 0.1) is 10.1 Å². The van der Waals surface area contributed by atoms with E-state index in [9.17, 15) is 19.7 Å². The van der Waals surface area contributed by atoms with Crippen LogP contribution in [0.5, 0.6) is 0 Å². The van der Waals surface area contributed by atoms with Crippen LogP contribution in [0.15, 0.2) is 16.6 Å². The van der Waals surface area contributed by atoms with Crippen LogP contribution in [-0.4, -0.2) is 29.4 Å². The first-order valence-electron chi connectivity index (χ1n) is 5.74. The average Bonchev–Trinajstić information content (AvgIpc) is 2.38. The van der Waals surface area contributed by atoms with E-state index < -0.39 is 22.3 Å². The van der Waals surface area contributed by atoms with Gasteiger partial charge in [0.1, 0.15) is 11.2 Å². The van der Waals surface area contributed by atoms with Gasteiger partial charge >= 0.3 is 5.97 Å². The number of primary amides is 1. The van der Waals surface area contributed by atoms with E-state index in [1.807, 2.05) is 0 Å². The second-order valence-electron chi connectivity index (χ2n) is 4.72. The number of rotatable bonds is 5. The maximum atomic E-state index is 11.7. The smallest absolute Gasteiger partial charge is 0.330 e. The molecule has 1 amide bonds. The normalized spacial score (nSPS) is 10.9. The number of halogens is 1. The van der Waals surface area contributed by atoms with Crippen molar-refractivity contribution in [2.75, 3.05) is 12.4 Å². The van der Waals surface area contributed by atoms with Crippen LogP contribution in [0.2, 0.25) is 0 Å². The highest BCUT2D eigenvalue weighted by molar-refractivity contribution is 9.10. The molecule has 0 fully saturated rings. The molecule has 0 bridgehead atoms. The standard InChI is InChI=1S/C12H14BrN3O5/c1-12(2,11(18)21-3)15-9-7(13)4-6(10(14)17)5-8(9)16(19)20/h4-5,15H,1-3H3,(H2,14,17). The first-order valence-corrected chi connectivity index (χ1v) is 6.53. The van der Waals surface area contributed by atoms with E-state index in [1.165, 1.54) is 27.0 Å². The highest BCUT2D eigenvalue weighted by atomic mass is 79.9. The number of anilines is 1. The van der Waals surface area contributed by atoms with Gasteiger partial charge in [0.05, 0.1) is 12.0 Å². The molecular weight excluding hydrogens is 346 g/mol. The molecule has 1 rings (SSSR count). The van der Waals surface area contributed by atoms with Gasteiger partial charge in [-0.1, -0.05) is 0 Å². The molecule has 9 heteroatoms. The molecule has 0 atom stereocenters. The zero-order valence-electron chi connectivity index (χ0n) is 11.6. The molecule has 0 radical (unpaired) electrons. The Morgan fingerprint density at radius 1 is 1.43 bits per heavy atom. The number of nitro groups is 1. The zero-order valence-corrected chi connectivity index (χ0v) is 13.2. The van der Waals surface area contributed by atoms with Gasteiger partial charge in [0.15, 0.2) is 0 Å². The number of nitrogens with two attached hydrogens (primary N) is 1. The van der Waals surface area contributed by atoms with Crippen molar-refractivity contribution in [1.82, 2.24) is 0 Å². The van der Waals surface area contributed by atoms with E-state index in [-0.39, 0.29) is 21.4 Å². The molecule has 1 aromatic carbocycles. The summed E-state index contributed by atoms with van der Waals surface area (Å²) in [5.41, 5.74) is 3.58. The number of hydrogen-bond acceptors (Lipinski definition) is 6. The largest absolute Gasteiger partial charge is 0.467 e. The van der Waals surface area contributed by atoms with Crippen molar-refractivity contribution < 1.29 is 19.2 Å². The zero-order chi connectivity index (χ0) is 16.4. The van der Waals surface area contributed by atoms with Crippen molar-refractivity contribution in [2.24, 2.45) is 5.73 Å². The molecule has 114 valence electrons. The summed E-state index contributed by atoms with van der Waals surface area (Å²) in [6.45, 7) is 3.02. The number of carbonyl (C=O) groups excluding carboxylic acids is 2. The molecule has 0 heterocycles. The number of nitrogens with one attached hydrogen (secondary N) is 1. The summed E-state index contributed by atoms with van der Waals surface area (Å²) in [7, 11) is 1.21. The minimum Gasteiger partial charge on any atom is -0.467 e. The Labute approximate surface area is 128 Å². The highest BCUT2D eigenvalue weighted by Crippen LogP contribution is 2.36. The van der Waals surface area contributed by atoms with Gasteiger partial charge in [0.25, 0.3) is 5.69 Å². The second-order valence-corrected chi connectivity index (χ2v) is 5.57. The lowest BCUT2D eigenvalue weighted by Crippen LogP contribution is -2.41. The van der Waals surface area contributed by atoms with Gasteiger partial charge in [-0.25, -0.2) is 4.79 Å². The molecule has 0 unspecified atom stereocenters.